The molecular weight excluding hydrogens is 256 g/mol. The van der Waals surface area contributed by atoms with Crippen LogP contribution in [-0.2, 0) is 0 Å². The van der Waals surface area contributed by atoms with Gasteiger partial charge >= 0.3 is 0 Å². The Bertz CT molecular complexity index is 397. The summed E-state index contributed by atoms with van der Waals surface area (Å²) in [5.41, 5.74) is 2.43. The van der Waals surface area contributed by atoms with Crippen molar-refractivity contribution in [2.24, 2.45) is 0 Å². The Morgan fingerprint density at radius 2 is 2.13 bits per heavy atom. The molecule has 15 heavy (non-hydrogen) atoms. The highest BCUT2D eigenvalue weighted by atomic mass is 79.9. The van der Waals surface area contributed by atoms with Gasteiger partial charge in [0.15, 0.2) is 11.5 Å². The molecule has 1 aliphatic heterocycles. The molecule has 1 atom stereocenters. The highest BCUT2D eigenvalue weighted by Crippen LogP contribution is 2.33. The molecule has 2 nitrogen and oxygen atoms in total. The van der Waals surface area contributed by atoms with Gasteiger partial charge in [0.05, 0.1) is 0 Å². The van der Waals surface area contributed by atoms with Crippen molar-refractivity contribution >= 4 is 22.0 Å². The summed E-state index contributed by atoms with van der Waals surface area (Å²) in [6.07, 6.45) is 2.14. The van der Waals surface area contributed by atoms with Gasteiger partial charge in [-0.05, 0) is 31.5 Å². The zero-order valence-corrected chi connectivity index (χ0v) is 10.4. The summed E-state index contributed by atoms with van der Waals surface area (Å²) in [5.74, 6) is 1.66. The van der Waals surface area contributed by atoms with E-state index in [9.17, 15) is 0 Å². The molecule has 0 aromatic heterocycles. The van der Waals surface area contributed by atoms with Crippen molar-refractivity contribution < 1.29 is 9.47 Å². The van der Waals surface area contributed by atoms with Crippen LogP contribution in [0.1, 0.15) is 19.4 Å². The molecule has 0 fully saturated rings. The molecule has 0 spiro atoms. The predicted octanol–water partition coefficient (Wildman–Crippen LogP) is 3.60. The fourth-order valence-electron chi connectivity index (χ4n) is 1.38. The lowest BCUT2D eigenvalue weighted by atomic mass is 10.1. The SMILES string of the molecule is C/C(=C\c1ccc2c(c1)OCO2)C(C)Br. The van der Waals surface area contributed by atoms with Crippen molar-refractivity contribution in [1.82, 2.24) is 0 Å². The first-order valence-corrected chi connectivity index (χ1v) is 5.80. The topological polar surface area (TPSA) is 18.5 Å². The third-order valence-corrected chi connectivity index (χ3v) is 3.14. The maximum atomic E-state index is 5.32. The van der Waals surface area contributed by atoms with Crippen LogP contribution < -0.4 is 9.47 Å². The van der Waals surface area contributed by atoms with Gasteiger partial charge < -0.3 is 9.47 Å². The summed E-state index contributed by atoms with van der Waals surface area (Å²) in [4.78, 5) is 0.392. The second-order valence-corrected chi connectivity index (χ2v) is 4.99. The van der Waals surface area contributed by atoms with E-state index in [1.165, 1.54) is 5.57 Å². The fraction of sp³-hybridized carbons (Fsp3) is 0.333. The molecule has 0 amide bonds. The van der Waals surface area contributed by atoms with Crippen LogP contribution >= 0.6 is 15.9 Å². The first-order valence-electron chi connectivity index (χ1n) is 4.89. The van der Waals surface area contributed by atoms with Crippen molar-refractivity contribution in [3.05, 3.63) is 29.3 Å². The summed E-state index contributed by atoms with van der Waals surface area (Å²) >= 11 is 3.54. The van der Waals surface area contributed by atoms with Gasteiger partial charge in [-0.15, -0.1) is 0 Å². The van der Waals surface area contributed by atoms with Crippen LogP contribution in [0.15, 0.2) is 23.8 Å². The van der Waals surface area contributed by atoms with Gasteiger partial charge in [-0.2, -0.15) is 0 Å². The van der Waals surface area contributed by atoms with Gasteiger partial charge in [0.25, 0.3) is 0 Å². The van der Waals surface area contributed by atoms with Gasteiger partial charge in [0, 0.05) is 4.83 Å². The van der Waals surface area contributed by atoms with Crippen LogP contribution in [0, 0.1) is 0 Å². The lowest BCUT2D eigenvalue weighted by molar-refractivity contribution is 0.174. The highest BCUT2D eigenvalue weighted by molar-refractivity contribution is 9.09. The zero-order chi connectivity index (χ0) is 10.8. The Labute approximate surface area is 98.0 Å². The molecule has 1 unspecified atom stereocenters. The number of rotatable bonds is 2. The Morgan fingerprint density at radius 1 is 1.40 bits per heavy atom. The van der Waals surface area contributed by atoms with Crippen LogP contribution in [0.25, 0.3) is 6.08 Å². The number of allylic oxidation sites excluding steroid dienone is 1. The number of halogens is 1. The van der Waals surface area contributed by atoms with Gasteiger partial charge in [-0.3, -0.25) is 0 Å². The van der Waals surface area contributed by atoms with E-state index in [0.29, 0.717) is 11.6 Å². The summed E-state index contributed by atoms with van der Waals surface area (Å²) in [6, 6.07) is 5.98. The van der Waals surface area contributed by atoms with Gasteiger partial charge in [0.1, 0.15) is 0 Å². The van der Waals surface area contributed by atoms with Gasteiger partial charge in [-0.1, -0.05) is 33.6 Å². The predicted molar refractivity (Wildman–Crippen MR) is 64.6 cm³/mol. The molecule has 1 aliphatic rings. The molecule has 0 saturated carbocycles. The third-order valence-electron chi connectivity index (χ3n) is 2.42. The third kappa shape index (κ3) is 2.34. The lowest BCUT2D eigenvalue weighted by Crippen LogP contribution is -1.93. The van der Waals surface area contributed by atoms with Gasteiger partial charge in [0.2, 0.25) is 6.79 Å². The van der Waals surface area contributed by atoms with Crippen LogP contribution in [0.4, 0.5) is 0 Å². The first kappa shape index (κ1) is 10.6. The van der Waals surface area contributed by atoms with E-state index in [0.717, 1.165) is 17.1 Å². The van der Waals surface area contributed by atoms with Crippen molar-refractivity contribution in [3.8, 4) is 11.5 Å². The second-order valence-electron chi connectivity index (χ2n) is 3.62. The number of fused-ring (bicyclic) bond motifs is 1. The molecule has 3 heteroatoms. The molecule has 1 heterocycles. The average Bonchev–Trinajstić information content (AvgIpc) is 2.64. The van der Waals surface area contributed by atoms with Crippen LogP contribution in [0.2, 0.25) is 0 Å². The second kappa shape index (κ2) is 4.27. The summed E-state index contributed by atoms with van der Waals surface area (Å²) in [5, 5.41) is 0. The standard InChI is InChI=1S/C12H13BrO2/c1-8(9(2)13)5-10-3-4-11-12(6-10)15-7-14-11/h3-6,9H,7H2,1-2H3/b8-5+. The minimum Gasteiger partial charge on any atom is -0.454 e. The fourth-order valence-corrected chi connectivity index (χ4v) is 1.51. The smallest absolute Gasteiger partial charge is 0.231 e. The summed E-state index contributed by atoms with van der Waals surface area (Å²) in [6.45, 7) is 4.54. The van der Waals surface area contributed by atoms with Crippen molar-refractivity contribution in [2.45, 2.75) is 18.7 Å². The van der Waals surface area contributed by atoms with E-state index in [-0.39, 0.29) is 0 Å². The number of hydrogen-bond acceptors (Lipinski definition) is 2. The lowest BCUT2D eigenvalue weighted by Gasteiger charge is -2.04. The molecule has 0 radical (unpaired) electrons. The van der Waals surface area contributed by atoms with E-state index < -0.39 is 0 Å². The largest absolute Gasteiger partial charge is 0.454 e. The van der Waals surface area contributed by atoms with Crippen LogP contribution in [0.5, 0.6) is 11.5 Å². The molecule has 0 N–H and O–H groups in total. The Morgan fingerprint density at radius 3 is 2.87 bits per heavy atom. The summed E-state index contributed by atoms with van der Waals surface area (Å²) in [7, 11) is 0. The van der Waals surface area contributed by atoms with E-state index in [1.807, 2.05) is 18.2 Å². The van der Waals surface area contributed by atoms with E-state index in [2.05, 4.69) is 35.9 Å². The molecule has 1 aromatic carbocycles. The van der Waals surface area contributed by atoms with E-state index in [4.69, 9.17) is 9.47 Å². The minimum atomic E-state index is 0.330. The monoisotopic (exact) mass is 268 g/mol. The van der Waals surface area contributed by atoms with Crippen LogP contribution in [-0.4, -0.2) is 11.6 Å². The van der Waals surface area contributed by atoms with E-state index >= 15 is 0 Å². The van der Waals surface area contributed by atoms with Crippen molar-refractivity contribution in [2.75, 3.05) is 6.79 Å². The quantitative estimate of drug-likeness (QED) is 0.764. The molecule has 2 rings (SSSR count). The van der Waals surface area contributed by atoms with Crippen molar-refractivity contribution in [1.29, 1.82) is 0 Å². The van der Waals surface area contributed by atoms with Crippen molar-refractivity contribution in [3.63, 3.8) is 0 Å². The maximum absolute atomic E-state index is 5.32. The average molecular weight is 269 g/mol. The summed E-state index contributed by atoms with van der Waals surface area (Å²) < 4.78 is 10.6. The number of ether oxygens (including phenoxy) is 2. The van der Waals surface area contributed by atoms with Gasteiger partial charge in [-0.25, -0.2) is 0 Å². The minimum absolute atomic E-state index is 0.330. The first-order chi connectivity index (χ1) is 7.16. The molecule has 0 bridgehead atoms. The molecule has 1 aromatic rings. The normalized spacial score (nSPS) is 16.6. The van der Waals surface area contributed by atoms with E-state index in [1.54, 1.807) is 0 Å². The Kier molecular flexibility index (Phi) is 3.00. The highest BCUT2D eigenvalue weighted by Gasteiger charge is 2.12. The zero-order valence-electron chi connectivity index (χ0n) is 8.79. The Balaban J connectivity index is 2.27. The molecule has 0 aliphatic carbocycles. The molecule has 0 saturated heterocycles. The Hall–Kier alpha value is -0.960. The number of benzene rings is 1. The van der Waals surface area contributed by atoms with Crippen LogP contribution in [0.3, 0.4) is 0 Å². The molecule has 80 valence electrons. The number of hydrogen-bond donors (Lipinski definition) is 0. The maximum Gasteiger partial charge on any atom is 0.231 e. The molecular formula is C12H13BrO2. The number of alkyl halides is 1.